The zero-order valence-corrected chi connectivity index (χ0v) is 35.1. The highest BCUT2D eigenvalue weighted by atomic mass is 16.7. The van der Waals surface area contributed by atoms with E-state index in [0.29, 0.717) is 73.7 Å². The molecule has 5 aliphatic carbocycles. The van der Waals surface area contributed by atoms with Gasteiger partial charge in [-0.2, -0.15) is 0 Å². The summed E-state index contributed by atoms with van der Waals surface area (Å²) in [7, 11) is 0. The molecule has 8 fully saturated rings. The fourth-order valence-electron chi connectivity index (χ4n) is 14.9. The second kappa shape index (κ2) is 12.8. The Morgan fingerprint density at radius 1 is 0.907 bits per heavy atom. The SMILES string of the molecule is C[C@@H]1CC([C@H](O)C(C)(C)O)OC2C[C@@]3(C)[C@@H]4CCC5C(C)(C)[C@@H](OC6CN(C(=O)CC7CN(C(=O)OC(C)(C)C)C7)CCO6)CCC56C[C@@]46CC[C@]3(C)C21. The van der Waals surface area contributed by atoms with Crippen molar-refractivity contribution in [2.75, 3.05) is 32.8 Å². The lowest BCUT2D eigenvalue weighted by Crippen LogP contribution is -2.59. The maximum absolute atomic E-state index is 13.4. The van der Waals surface area contributed by atoms with Crippen LogP contribution in [-0.4, -0.2) is 107 Å². The van der Waals surface area contributed by atoms with Crippen molar-refractivity contribution in [2.24, 2.45) is 56.7 Å². The summed E-state index contributed by atoms with van der Waals surface area (Å²) in [5.41, 5.74) is -0.544. The van der Waals surface area contributed by atoms with Crippen LogP contribution in [0.2, 0.25) is 0 Å². The first-order valence-corrected chi connectivity index (χ1v) is 21.6. The number of rotatable bonds is 6. The summed E-state index contributed by atoms with van der Waals surface area (Å²) in [6.45, 7) is 24.2. The molecule has 0 aromatic rings. The van der Waals surface area contributed by atoms with Crippen LogP contribution in [0.15, 0.2) is 0 Å². The van der Waals surface area contributed by atoms with Crippen LogP contribution in [0.4, 0.5) is 4.79 Å². The Bertz CT molecular complexity index is 1480. The summed E-state index contributed by atoms with van der Waals surface area (Å²) in [6, 6.07) is 0. The van der Waals surface area contributed by atoms with Gasteiger partial charge in [0.25, 0.3) is 0 Å². The maximum Gasteiger partial charge on any atom is 0.410 e. The predicted molar refractivity (Wildman–Crippen MR) is 204 cm³/mol. The minimum Gasteiger partial charge on any atom is -0.444 e. The van der Waals surface area contributed by atoms with E-state index < -0.39 is 23.6 Å². The molecule has 8 aliphatic rings. The Hall–Kier alpha value is -1.46. The lowest BCUT2D eigenvalue weighted by Gasteiger charge is -2.63. The number of morpholine rings is 1. The number of ether oxygens (including phenoxy) is 4. The lowest BCUT2D eigenvalue weighted by molar-refractivity contribution is -0.246. The molecule has 10 heteroatoms. The van der Waals surface area contributed by atoms with Crippen molar-refractivity contribution in [3.63, 3.8) is 0 Å². The fourth-order valence-corrected chi connectivity index (χ4v) is 14.9. The van der Waals surface area contributed by atoms with Crippen LogP contribution in [0.25, 0.3) is 0 Å². The Kier molecular flexibility index (Phi) is 9.31. The van der Waals surface area contributed by atoms with Crippen LogP contribution < -0.4 is 0 Å². The van der Waals surface area contributed by atoms with E-state index in [1.165, 1.54) is 38.5 Å². The van der Waals surface area contributed by atoms with Gasteiger partial charge < -0.3 is 39.0 Å². The van der Waals surface area contributed by atoms with Crippen molar-refractivity contribution >= 4 is 12.0 Å². The third-order valence-corrected chi connectivity index (χ3v) is 17.5. The Balaban J connectivity index is 0.900. The number of hydrogen-bond acceptors (Lipinski definition) is 8. The van der Waals surface area contributed by atoms with E-state index in [-0.39, 0.29) is 52.5 Å². The molecule has 0 radical (unpaired) electrons. The third kappa shape index (κ3) is 5.94. The number of carbonyl (C=O) groups is 2. The molecule has 54 heavy (non-hydrogen) atoms. The van der Waals surface area contributed by atoms with Gasteiger partial charge in [0.2, 0.25) is 5.91 Å². The number of aliphatic hydroxyl groups excluding tert-OH is 1. The van der Waals surface area contributed by atoms with Gasteiger partial charge >= 0.3 is 6.09 Å². The average molecular weight is 757 g/mol. The molecule has 0 aromatic carbocycles. The molecule has 0 bridgehead atoms. The molecule has 3 aliphatic heterocycles. The molecule has 2 spiro atoms. The van der Waals surface area contributed by atoms with Crippen LogP contribution in [0.3, 0.4) is 0 Å². The standard InChI is InChI=1S/C44H72N2O8/c1-26-19-28(36(48)40(7,8)50)52-29-21-42(10)31-12-11-30-39(5,6)32(13-14-43(30)25-44(31,43)16-15-41(42,9)35(26)29)53-34-24-45(17-18-51-34)33(47)20-27-22-46(23-27)37(49)54-38(2,3)4/h26-32,34-36,48,50H,11-25H2,1-10H3/t26-,28?,29?,30?,31+,32+,34?,35?,36+,41-,42+,43?,44+/m1/s1. The van der Waals surface area contributed by atoms with Gasteiger partial charge in [-0.05, 0) is 143 Å². The summed E-state index contributed by atoms with van der Waals surface area (Å²) < 4.78 is 25.4. The minimum absolute atomic E-state index is 0.00280. The van der Waals surface area contributed by atoms with Gasteiger partial charge in [-0.1, -0.05) is 34.6 Å². The summed E-state index contributed by atoms with van der Waals surface area (Å²) in [4.78, 5) is 29.4. The number of fused-ring (bicyclic) bond motifs is 4. The summed E-state index contributed by atoms with van der Waals surface area (Å²) in [5, 5.41) is 21.7. The third-order valence-electron chi connectivity index (χ3n) is 17.5. The number of hydrogen-bond donors (Lipinski definition) is 2. The van der Waals surface area contributed by atoms with E-state index in [1.807, 2.05) is 25.7 Å². The van der Waals surface area contributed by atoms with E-state index in [2.05, 4.69) is 34.6 Å². The second-order valence-corrected chi connectivity index (χ2v) is 22.3. The zero-order valence-electron chi connectivity index (χ0n) is 35.1. The molecule has 13 atom stereocenters. The zero-order chi connectivity index (χ0) is 39.0. The average Bonchev–Trinajstić information content (AvgIpc) is 3.65. The molecule has 8 rings (SSSR count). The second-order valence-electron chi connectivity index (χ2n) is 22.3. The van der Waals surface area contributed by atoms with Crippen LogP contribution in [0, 0.1) is 56.7 Å². The molecule has 6 unspecified atom stereocenters. The van der Waals surface area contributed by atoms with Crippen molar-refractivity contribution in [3.05, 3.63) is 0 Å². The highest BCUT2D eigenvalue weighted by Crippen LogP contribution is 2.89. The molecular formula is C44H72N2O8. The van der Waals surface area contributed by atoms with Crippen LogP contribution in [0.5, 0.6) is 0 Å². The fraction of sp³-hybridized carbons (Fsp3) is 0.955. The van der Waals surface area contributed by atoms with E-state index in [0.717, 1.165) is 19.3 Å². The van der Waals surface area contributed by atoms with Crippen molar-refractivity contribution in [3.8, 4) is 0 Å². The number of carbonyl (C=O) groups excluding carboxylic acids is 2. The van der Waals surface area contributed by atoms with Gasteiger partial charge in [0, 0.05) is 32.0 Å². The van der Waals surface area contributed by atoms with Crippen molar-refractivity contribution < 1.29 is 38.7 Å². The van der Waals surface area contributed by atoms with Crippen molar-refractivity contribution in [1.29, 1.82) is 0 Å². The number of aliphatic hydroxyl groups is 2. The van der Waals surface area contributed by atoms with Gasteiger partial charge in [-0.25, -0.2) is 4.79 Å². The van der Waals surface area contributed by atoms with Gasteiger partial charge in [0.05, 0.1) is 37.1 Å². The number of amides is 2. The molecule has 3 saturated heterocycles. The van der Waals surface area contributed by atoms with E-state index in [4.69, 9.17) is 18.9 Å². The Morgan fingerprint density at radius 2 is 1.59 bits per heavy atom. The molecule has 2 amide bonds. The topological polar surface area (TPSA) is 118 Å². The minimum atomic E-state index is -1.18. The van der Waals surface area contributed by atoms with Crippen LogP contribution in [-0.2, 0) is 23.7 Å². The van der Waals surface area contributed by atoms with Crippen molar-refractivity contribution in [1.82, 2.24) is 9.80 Å². The van der Waals surface area contributed by atoms with Gasteiger partial charge in [0.1, 0.15) is 11.7 Å². The van der Waals surface area contributed by atoms with Gasteiger partial charge in [0.15, 0.2) is 6.29 Å². The van der Waals surface area contributed by atoms with Gasteiger partial charge in [-0.15, -0.1) is 0 Å². The first kappa shape index (κ1) is 39.4. The van der Waals surface area contributed by atoms with E-state index >= 15 is 0 Å². The number of nitrogens with zero attached hydrogens (tertiary/aromatic N) is 2. The van der Waals surface area contributed by atoms with Crippen molar-refractivity contribution in [2.45, 2.75) is 175 Å². The normalized spacial score (nSPS) is 46.2. The molecule has 3 heterocycles. The molecular weight excluding hydrogens is 684 g/mol. The van der Waals surface area contributed by atoms with E-state index in [1.54, 1.807) is 18.7 Å². The largest absolute Gasteiger partial charge is 0.444 e. The monoisotopic (exact) mass is 757 g/mol. The molecule has 10 nitrogen and oxygen atoms in total. The molecule has 5 saturated carbocycles. The van der Waals surface area contributed by atoms with Crippen LogP contribution >= 0.6 is 0 Å². The molecule has 0 aromatic heterocycles. The quantitative estimate of drug-likeness (QED) is 0.305. The lowest BCUT2D eigenvalue weighted by atomic mass is 9.41. The first-order chi connectivity index (χ1) is 25.0. The molecule has 2 N–H and O–H groups in total. The maximum atomic E-state index is 13.4. The van der Waals surface area contributed by atoms with E-state index in [9.17, 15) is 19.8 Å². The number of likely N-dealkylation sites (tertiary alicyclic amines) is 1. The Labute approximate surface area is 324 Å². The summed E-state index contributed by atoms with van der Waals surface area (Å²) >= 11 is 0. The Morgan fingerprint density at radius 3 is 2.28 bits per heavy atom. The van der Waals surface area contributed by atoms with Gasteiger partial charge in [-0.3, -0.25) is 4.79 Å². The summed E-state index contributed by atoms with van der Waals surface area (Å²) in [6.07, 6.45) is 9.24. The molecule has 306 valence electrons. The smallest absolute Gasteiger partial charge is 0.410 e. The first-order valence-electron chi connectivity index (χ1n) is 21.6. The predicted octanol–water partition coefficient (Wildman–Crippen LogP) is 6.79. The van der Waals surface area contributed by atoms with Crippen LogP contribution in [0.1, 0.15) is 133 Å². The highest BCUT2D eigenvalue weighted by molar-refractivity contribution is 5.77. The highest BCUT2D eigenvalue weighted by Gasteiger charge is 2.83. The summed E-state index contributed by atoms with van der Waals surface area (Å²) in [5.74, 6) is 2.50.